The average molecular weight is 399 g/mol. The summed E-state index contributed by atoms with van der Waals surface area (Å²) in [5.74, 6) is -1.08. The number of aromatic nitrogens is 3. The SMILES string of the molecule is Cc1cncc(-c2cc(C(F)(F)F)nn2-c2ccc(S(C)(=O)=O)c(F)c2)c1. The lowest BCUT2D eigenvalue weighted by Crippen LogP contribution is -2.08. The van der Waals surface area contributed by atoms with Crippen LogP contribution in [-0.2, 0) is 16.0 Å². The molecule has 0 spiro atoms. The van der Waals surface area contributed by atoms with Gasteiger partial charge in [0.15, 0.2) is 15.5 Å². The van der Waals surface area contributed by atoms with E-state index in [-0.39, 0.29) is 11.4 Å². The summed E-state index contributed by atoms with van der Waals surface area (Å²) in [5, 5.41) is 3.54. The molecule has 2 heterocycles. The van der Waals surface area contributed by atoms with Gasteiger partial charge in [0.2, 0.25) is 0 Å². The number of alkyl halides is 3. The summed E-state index contributed by atoms with van der Waals surface area (Å²) in [4.78, 5) is 3.41. The van der Waals surface area contributed by atoms with Crippen LogP contribution in [0.15, 0.2) is 47.6 Å². The Kier molecular flexibility index (Phi) is 4.54. The number of halogens is 4. The van der Waals surface area contributed by atoms with Crippen molar-refractivity contribution in [3.05, 3.63) is 59.8 Å². The van der Waals surface area contributed by atoms with Crippen molar-refractivity contribution in [2.24, 2.45) is 0 Å². The van der Waals surface area contributed by atoms with E-state index in [2.05, 4.69) is 10.1 Å². The fraction of sp³-hybridized carbons (Fsp3) is 0.176. The van der Waals surface area contributed by atoms with E-state index in [1.807, 2.05) is 0 Å². The third-order valence-corrected chi connectivity index (χ3v) is 4.86. The lowest BCUT2D eigenvalue weighted by molar-refractivity contribution is -0.141. The molecule has 0 bridgehead atoms. The molecule has 3 rings (SSSR count). The number of hydrogen-bond acceptors (Lipinski definition) is 4. The molecule has 0 unspecified atom stereocenters. The zero-order chi connectivity index (χ0) is 20.0. The van der Waals surface area contributed by atoms with E-state index in [1.54, 1.807) is 13.0 Å². The van der Waals surface area contributed by atoms with Crippen LogP contribution in [-0.4, -0.2) is 29.4 Å². The van der Waals surface area contributed by atoms with Crippen molar-refractivity contribution in [2.75, 3.05) is 6.26 Å². The molecule has 142 valence electrons. The Morgan fingerprint density at radius 1 is 1.07 bits per heavy atom. The maximum Gasteiger partial charge on any atom is 0.435 e. The Morgan fingerprint density at radius 3 is 2.33 bits per heavy atom. The quantitative estimate of drug-likeness (QED) is 0.629. The van der Waals surface area contributed by atoms with Crippen molar-refractivity contribution in [1.29, 1.82) is 0 Å². The molecule has 1 aromatic carbocycles. The van der Waals surface area contributed by atoms with Crippen molar-refractivity contribution < 1.29 is 26.0 Å². The first-order valence-corrected chi connectivity index (χ1v) is 9.45. The summed E-state index contributed by atoms with van der Waals surface area (Å²) in [6.07, 6.45) is -0.968. The normalized spacial score (nSPS) is 12.4. The van der Waals surface area contributed by atoms with Crippen LogP contribution in [0.1, 0.15) is 11.3 Å². The van der Waals surface area contributed by atoms with Gasteiger partial charge in [0.05, 0.1) is 11.4 Å². The third kappa shape index (κ3) is 3.85. The summed E-state index contributed by atoms with van der Waals surface area (Å²) < 4.78 is 77.7. The molecule has 0 saturated carbocycles. The van der Waals surface area contributed by atoms with Crippen molar-refractivity contribution in [2.45, 2.75) is 18.0 Å². The molecule has 0 aliphatic carbocycles. The van der Waals surface area contributed by atoms with Crippen molar-refractivity contribution in [3.8, 4) is 16.9 Å². The molecule has 2 aromatic heterocycles. The summed E-state index contributed by atoms with van der Waals surface area (Å²) >= 11 is 0. The second-order valence-corrected chi connectivity index (χ2v) is 7.95. The van der Waals surface area contributed by atoms with Gasteiger partial charge in [-0.2, -0.15) is 18.3 Å². The van der Waals surface area contributed by atoms with E-state index >= 15 is 0 Å². The molecule has 0 atom stereocenters. The highest BCUT2D eigenvalue weighted by atomic mass is 32.2. The van der Waals surface area contributed by atoms with Crippen LogP contribution in [0, 0.1) is 12.7 Å². The average Bonchev–Trinajstić information content (AvgIpc) is 2.99. The molecule has 0 aliphatic rings. The Morgan fingerprint density at radius 2 is 1.78 bits per heavy atom. The van der Waals surface area contributed by atoms with Crippen molar-refractivity contribution in [1.82, 2.24) is 14.8 Å². The maximum atomic E-state index is 14.2. The minimum atomic E-state index is -4.71. The van der Waals surface area contributed by atoms with Crippen LogP contribution in [0.4, 0.5) is 17.6 Å². The van der Waals surface area contributed by atoms with Crippen LogP contribution in [0.5, 0.6) is 0 Å². The monoisotopic (exact) mass is 399 g/mol. The molecule has 0 fully saturated rings. The molecular formula is C17H13F4N3O2S. The van der Waals surface area contributed by atoms with Gasteiger partial charge in [0, 0.05) is 30.3 Å². The van der Waals surface area contributed by atoms with Crippen LogP contribution in [0.2, 0.25) is 0 Å². The minimum Gasteiger partial charge on any atom is -0.264 e. The topological polar surface area (TPSA) is 64.8 Å². The van der Waals surface area contributed by atoms with E-state index in [9.17, 15) is 26.0 Å². The fourth-order valence-electron chi connectivity index (χ4n) is 2.54. The standard InChI is InChI=1S/C17H13F4N3O2S/c1-10-5-11(9-22-8-10)14-7-16(17(19,20)21)23-24(14)12-3-4-15(13(18)6-12)27(2,25)26/h3-9H,1-2H3. The number of aryl methyl sites for hydroxylation is 1. The van der Waals surface area contributed by atoms with E-state index in [0.717, 1.165) is 29.1 Å². The summed E-state index contributed by atoms with van der Waals surface area (Å²) in [5.41, 5.74) is -0.0958. The second-order valence-electron chi connectivity index (χ2n) is 5.96. The minimum absolute atomic E-state index is 0.0463. The Labute approximate surface area is 152 Å². The molecule has 0 N–H and O–H groups in total. The highest BCUT2D eigenvalue weighted by molar-refractivity contribution is 7.90. The molecule has 3 aromatic rings. The summed E-state index contributed by atoms with van der Waals surface area (Å²) in [6, 6.07) is 5.46. The zero-order valence-corrected chi connectivity index (χ0v) is 14.9. The maximum absolute atomic E-state index is 14.2. The first-order valence-electron chi connectivity index (χ1n) is 7.56. The fourth-order valence-corrected chi connectivity index (χ4v) is 3.27. The largest absolute Gasteiger partial charge is 0.435 e. The van der Waals surface area contributed by atoms with Gasteiger partial charge in [-0.25, -0.2) is 17.5 Å². The number of hydrogen-bond donors (Lipinski definition) is 0. The second kappa shape index (κ2) is 6.45. The lowest BCUT2D eigenvalue weighted by Gasteiger charge is -2.09. The van der Waals surface area contributed by atoms with Gasteiger partial charge >= 0.3 is 6.18 Å². The van der Waals surface area contributed by atoms with E-state index in [0.29, 0.717) is 11.1 Å². The Balaban J connectivity index is 2.23. The smallest absolute Gasteiger partial charge is 0.264 e. The van der Waals surface area contributed by atoms with Gasteiger partial charge in [-0.15, -0.1) is 0 Å². The molecular weight excluding hydrogens is 386 g/mol. The number of rotatable bonds is 3. The van der Waals surface area contributed by atoms with Gasteiger partial charge in [-0.3, -0.25) is 4.98 Å². The molecule has 0 radical (unpaired) electrons. The predicted molar refractivity (Wildman–Crippen MR) is 89.6 cm³/mol. The van der Waals surface area contributed by atoms with E-state index in [4.69, 9.17) is 0 Å². The molecule has 10 heteroatoms. The van der Waals surface area contributed by atoms with Crippen molar-refractivity contribution >= 4 is 9.84 Å². The zero-order valence-electron chi connectivity index (χ0n) is 14.1. The van der Waals surface area contributed by atoms with Crippen molar-refractivity contribution in [3.63, 3.8) is 0 Å². The summed E-state index contributed by atoms with van der Waals surface area (Å²) in [7, 11) is -3.81. The van der Waals surface area contributed by atoms with E-state index in [1.165, 1.54) is 18.5 Å². The number of nitrogens with zero attached hydrogens (tertiary/aromatic N) is 3. The summed E-state index contributed by atoms with van der Waals surface area (Å²) in [6.45, 7) is 1.72. The molecule has 0 saturated heterocycles. The lowest BCUT2D eigenvalue weighted by atomic mass is 10.1. The third-order valence-electron chi connectivity index (χ3n) is 3.73. The van der Waals surface area contributed by atoms with Gasteiger partial charge in [0.1, 0.15) is 10.7 Å². The Hall–Kier alpha value is -2.75. The van der Waals surface area contributed by atoms with Crippen LogP contribution < -0.4 is 0 Å². The number of pyridine rings is 1. The van der Waals surface area contributed by atoms with Gasteiger partial charge < -0.3 is 0 Å². The van der Waals surface area contributed by atoms with Gasteiger partial charge in [-0.1, -0.05) is 0 Å². The van der Waals surface area contributed by atoms with Crippen LogP contribution in [0.25, 0.3) is 16.9 Å². The first kappa shape index (κ1) is 19.0. The van der Waals surface area contributed by atoms with Crippen LogP contribution in [0.3, 0.4) is 0 Å². The first-order chi connectivity index (χ1) is 12.5. The predicted octanol–water partition coefficient (Wildman–Crippen LogP) is 3.80. The molecule has 0 amide bonds. The Bertz CT molecular complexity index is 1120. The highest BCUT2D eigenvalue weighted by Gasteiger charge is 2.35. The number of benzene rings is 1. The number of sulfone groups is 1. The van der Waals surface area contributed by atoms with Gasteiger partial charge in [-0.05, 0) is 36.8 Å². The highest BCUT2D eigenvalue weighted by Crippen LogP contribution is 2.33. The molecule has 0 aliphatic heterocycles. The molecule has 27 heavy (non-hydrogen) atoms. The molecule has 5 nitrogen and oxygen atoms in total. The van der Waals surface area contributed by atoms with Crippen LogP contribution >= 0.6 is 0 Å². The van der Waals surface area contributed by atoms with E-state index < -0.39 is 32.4 Å². The van der Waals surface area contributed by atoms with Gasteiger partial charge in [0.25, 0.3) is 0 Å².